The Labute approximate surface area is 88.8 Å². The Bertz CT molecular complexity index is 565. The summed E-state index contributed by atoms with van der Waals surface area (Å²) in [7, 11) is 0. The number of allylic oxidation sites excluding steroid dienone is 2. The molecule has 1 heteroatoms. The Morgan fingerprint density at radius 2 is 1.93 bits per heavy atom. The van der Waals surface area contributed by atoms with E-state index in [1.165, 1.54) is 16.5 Å². The molecule has 3 rings (SSSR count). The first-order chi connectivity index (χ1) is 7.45. The van der Waals surface area contributed by atoms with E-state index in [1.807, 2.05) is 12.3 Å². The molecule has 1 aromatic heterocycles. The highest BCUT2D eigenvalue weighted by molar-refractivity contribution is 5.91. The first kappa shape index (κ1) is 8.42. The molecule has 0 atom stereocenters. The minimum absolute atomic E-state index is 1.00. The summed E-state index contributed by atoms with van der Waals surface area (Å²) < 4.78 is 0. The molecule has 0 N–H and O–H groups in total. The highest BCUT2D eigenvalue weighted by Crippen LogP contribution is 2.24. The predicted octanol–water partition coefficient (Wildman–Crippen LogP) is 3.66. The second-order valence-electron chi connectivity index (χ2n) is 3.68. The van der Waals surface area contributed by atoms with Gasteiger partial charge in [-0.15, -0.1) is 0 Å². The number of rotatable bonds is 0. The smallest absolute Gasteiger partial charge is 0.0780 e. The van der Waals surface area contributed by atoms with Crippen molar-refractivity contribution in [1.29, 1.82) is 0 Å². The molecule has 1 aromatic carbocycles. The molecular formula is C14H11N. The van der Waals surface area contributed by atoms with Gasteiger partial charge in [0.25, 0.3) is 0 Å². The minimum atomic E-state index is 1.00. The van der Waals surface area contributed by atoms with Gasteiger partial charge in [-0.25, -0.2) is 0 Å². The van der Waals surface area contributed by atoms with E-state index in [9.17, 15) is 0 Å². The van der Waals surface area contributed by atoms with Gasteiger partial charge in [0.1, 0.15) is 0 Å². The molecule has 0 saturated heterocycles. The number of fused-ring (bicyclic) bond motifs is 3. The van der Waals surface area contributed by atoms with E-state index in [1.54, 1.807) is 0 Å². The highest BCUT2D eigenvalue weighted by Gasteiger charge is 2.04. The van der Waals surface area contributed by atoms with Crippen molar-refractivity contribution in [1.82, 2.24) is 4.98 Å². The van der Waals surface area contributed by atoms with Crippen molar-refractivity contribution in [2.24, 2.45) is 0 Å². The standard InChI is InChI=1S/C14H11N/c1-2-5-11-8-9-12-6-4-10-15-14(12)13(11)7-3-1/h2-10H,1H2. The van der Waals surface area contributed by atoms with Crippen LogP contribution in [0.5, 0.6) is 0 Å². The third-order valence-electron chi connectivity index (χ3n) is 2.70. The Morgan fingerprint density at radius 1 is 1.00 bits per heavy atom. The summed E-state index contributed by atoms with van der Waals surface area (Å²) in [6.45, 7) is 0. The highest BCUT2D eigenvalue weighted by atomic mass is 14.6. The third-order valence-corrected chi connectivity index (χ3v) is 2.70. The number of hydrogen-bond donors (Lipinski definition) is 0. The number of benzene rings is 1. The van der Waals surface area contributed by atoms with E-state index in [-0.39, 0.29) is 0 Å². The molecule has 0 amide bonds. The molecule has 72 valence electrons. The largest absolute Gasteiger partial charge is 0.256 e. The lowest BCUT2D eigenvalue weighted by atomic mass is 10.0. The van der Waals surface area contributed by atoms with E-state index >= 15 is 0 Å². The summed E-state index contributed by atoms with van der Waals surface area (Å²) in [4.78, 5) is 4.45. The molecule has 1 aliphatic carbocycles. The van der Waals surface area contributed by atoms with E-state index in [2.05, 4.69) is 47.5 Å². The molecule has 15 heavy (non-hydrogen) atoms. The van der Waals surface area contributed by atoms with E-state index in [0.717, 1.165) is 11.9 Å². The van der Waals surface area contributed by atoms with Crippen molar-refractivity contribution in [3.63, 3.8) is 0 Å². The lowest BCUT2D eigenvalue weighted by Gasteiger charge is -2.04. The van der Waals surface area contributed by atoms with Crippen LogP contribution in [0.3, 0.4) is 0 Å². The van der Waals surface area contributed by atoms with Crippen LogP contribution in [0.4, 0.5) is 0 Å². The fourth-order valence-electron chi connectivity index (χ4n) is 1.96. The van der Waals surface area contributed by atoms with Gasteiger partial charge in [-0.1, -0.05) is 42.5 Å². The normalized spacial score (nSPS) is 13.9. The lowest BCUT2D eigenvalue weighted by molar-refractivity contribution is 1.40. The molecule has 0 unspecified atom stereocenters. The zero-order valence-electron chi connectivity index (χ0n) is 8.35. The van der Waals surface area contributed by atoms with E-state index < -0.39 is 0 Å². The SMILES string of the molecule is C1=Cc2ccc3cccnc3c2C=CC1. The minimum Gasteiger partial charge on any atom is -0.256 e. The molecule has 1 nitrogen and oxygen atoms in total. The summed E-state index contributed by atoms with van der Waals surface area (Å²) in [6.07, 6.45) is 11.6. The number of pyridine rings is 1. The van der Waals surface area contributed by atoms with Crippen molar-refractivity contribution in [3.05, 3.63) is 53.7 Å². The van der Waals surface area contributed by atoms with Crippen LogP contribution in [0.15, 0.2) is 42.6 Å². The van der Waals surface area contributed by atoms with Crippen LogP contribution in [0, 0.1) is 0 Å². The van der Waals surface area contributed by atoms with Gasteiger partial charge in [0.2, 0.25) is 0 Å². The van der Waals surface area contributed by atoms with Gasteiger partial charge in [-0.3, -0.25) is 4.98 Å². The predicted molar refractivity (Wildman–Crippen MR) is 64.4 cm³/mol. The summed E-state index contributed by atoms with van der Waals surface area (Å²) in [5.41, 5.74) is 3.59. The number of aromatic nitrogens is 1. The average molecular weight is 193 g/mol. The van der Waals surface area contributed by atoms with Gasteiger partial charge in [-0.05, 0) is 18.1 Å². The van der Waals surface area contributed by atoms with Crippen molar-refractivity contribution in [3.8, 4) is 0 Å². The maximum Gasteiger partial charge on any atom is 0.0780 e. The summed E-state index contributed by atoms with van der Waals surface area (Å²) in [5.74, 6) is 0. The molecule has 0 aliphatic heterocycles. The molecule has 2 aromatic rings. The zero-order chi connectivity index (χ0) is 10.1. The van der Waals surface area contributed by atoms with E-state index in [0.29, 0.717) is 0 Å². The Kier molecular flexibility index (Phi) is 1.88. The van der Waals surface area contributed by atoms with Crippen LogP contribution in [0.1, 0.15) is 17.5 Å². The molecule has 0 saturated carbocycles. The maximum absolute atomic E-state index is 4.45. The van der Waals surface area contributed by atoms with Gasteiger partial charge in [0, 0.05) is 17.1 Å². The van der Waals surface area contributed by atoms with Crippen LogP contribution >= 0.6 is 0 Å². The van der Waals surface area contributed by atoms with Gasteiger partial charge >= 0.3 is 0 Å². The number of nitrogens with zero attached hydrogens (tertiary/aromatic N) is 1. The van der Waals surface area contributed by atoms with Crippen molar-refractivity contribution < 1.29 is 0 Å². The third kappa shape index (κ3) is 1.37. The molecule has 1 aliphatic rings. The zero-order valence-corrected chi connectivity index (χ0v) is 8.35. The van der Waals surface area contributed by atoms with E-state index in [4.69, 9.17) is 0 Å². The Hall–Kier alpha value is -1.89. The van der Waals surface area contributed by atoms with Crippen LogP contribution in [0.2, 0.25) is 0 Å². The fraction of sp³-hybridized carbons (Fsp3) is 0.0714. The molecule has 0 bridgehead atoms. The maximum atomic E-state index is 4.45. The molecular weight excluding hydrogens is 182 g/mol. The number of hydrogen-bond acceptors (Lipinski definition) is 1. The molecule has 0 radical (unpaired) electrons. The van der Waals surface area contributed by atoms with Crippen LogP contribution in [-0.4, -0.2) is 4.98 Å². The van der Waals surface area contributed by atoms with Gasteiger partial charge in [0.15, 0.2) is 0 Å². The summed E-state index contributed by atoms with van der Waals surface area (Å²) in [5, 5.41) is 1.20. The van der Waals surface area contributed by atoms with Crippen LogP contribution < -0.4 is 0 Å². The van der Waals surface area contributed by atoms with Crippen molar-refractivity contribution >= 4 is 23.1 Å². The van der Waals surface area contributed by atoms with Crippen molar-refractivity contribution in [2.45, 2.75) is 6.42 Å². The van der Waals surface area contributed by atoms with Gasteiger partial charge < -0.3 is 0 Å². The lowest BCUT2D eigenvalue weighted by Crippen LogP contribution is -1.86. The summed E-state index contributed by atoms with van der Waals surface area (Å²) in [6, 6.07) is 8.37. The van der Waals surface area contributed by atoms with Crippen LogP contribution in [0.25, 0.3) is 23.1 Å². The second-order valence-corrected chi connectivity index (χ2v) is 3.68. The monoisotopic (exact) mass is 193 g/mol. The summed E-state index contributed by atoms with van der Waals surface area (Å²) >= 11 is 0. The fourth-order valence-corrected chi connectivity index (χ4v) is 1.96. The molecule has 0 spiro atoms. The first-order valence-corrected chi connectivity index (χ1v) is 5.16. The van der Waals surface area contributed by atoms with Crippen molar-refractivity contribution in [2.75, 3.05) is 0 Å². The average Bonchev–Trinajstić information content (AvgIpc) is 2.54. The Balaban J connectivity index is 2.42. The Morgan fingerprint density at radius 3 is 2.93 bits per heavy atom. The quantitative estimate of drug-likeness (QED) is 0.622. The topological polar surface area (TPSA) is 12.9 Å². The van der Waals surface area contributed by atoms with Gasteiger partial charge in [-0.2, -0.15) is 0 Å². The first-order valence-electron chi connectivity index (χ1n) is 5.16. The second kappa shape index (κ2) is 3.35. The molecule has 0 fully saturated rings. The van der Waals surface area contributed by atoms with Crippen LogP contribution in [-0.2, 0) is 0 Å². The molecule has 1 heterocycles. The van der Waals surface area contributed by atoms with Gasteiger partial charge in [0.05, 0.1) is 5.52 Å².